The number of rotatable bonds is 8. The van der Waals surface area contributed by atoms with E-state index in [1.807, 2.05) is 0 Å². The second-order valence-corrected chi connectivity index (χ2v) is 3.99. The zero-order valence-electron chi connectivity index (χ0n) is 10.1. The second kappa shape index (κ2) is 8.49. The van der Waals surface area contributed by atoms with Crippen LogP contribution in [0, 0.1) is 0 Å². The lowest BCUT2D eigenvalue weighted by Gasteiger charge is -2.23. The summed E-state index contributed by atoms with van der Waals surface area (Å²) in [6.45, 7) is 6.14. The SMILES string of the molecule is CCCN(CCC(N)=NO)CCN(C)C. The van der Waals surface area contributed by atoms with Crippen molar-refractivity contribution >= 4 is 5.84 Å². The van der Waals surface area contributed by atoms with Crippen LogP contribution in [0.4, 0.5) is 0 Å². The number of hydrogen-bond donors (Lipinski definition) is 2. The van der Waals surface area contributed by atoms with Crippen LogP contribution in [0.15, 0.2) is 5.16 Å². The highest BCUT2D eigenvalue weighted by atomic mass is 16.4. The minimum atomic E-state index is 0.306. The van der Waals surface area contributed by atoms with Crippen LogP contribution in [0.1, 0.15) is 19.8 Å². The van der Waals surface area contributed by atoms with Crippen LogP contribution in [0.25, 0.3) is 0 Å². The fraction of sp³-hybridized carbons (Fsp3) is 0.900. The highest BCUT2D eigenvalue weighted by molar-refractivity contribution is 5.79. The quantitative estimate of drug-likeness (QED) is 0.267. The van der Waals surface area contributed by atoms with Gasteiger partial charge in [-0.15, -0.1) is 0 Å². The van der Waals surface area contributed by atoms with Gasteiger partial charge in [0.1, 0.15) is 5.84 Å². The van der Waals surface area contributed by atoms with E-state index in [2.05, 4.69) is 36.0 Å². The molecule has 0 fully saturated rings. The molecule has 0 saturated heterocycles. The van der Waals surface area contributed by atoms with Gasteiger partial charge in [-0.1, -0.05) is 12.1 Å². The van der Waals surface area contributed by atoms with Gasteiger partial charge in [0.15, 0.2) is 0 Å². The van der Waals surface area contributed by atoms with Gasteiger partial charge >= 0.3 is 0 Å². The molecule has 3 N–H and O–H groups in total. The van der Waals surface area contributed by atoms with Crippen LogP contribution in [0.3, 0.4) is 0 Å². The maximum absolute atomic E-state index is 8.43. The molecule has 0 aliphatic carbocycles. The molecule has 5 nitrogen and oxygen atoms in total. The minimum absolute atomic E-state index is 0.306. The molecular weight excluding hydrogens is 192 g/mol. The highest BCUT2D eigenvalue weighted by Crippen LogP contribution is 1.95. The molecule has 0 rings (SSSR count). The Morgan fingerprint density at radius 1 is 1.20 bits per heavy atom. The summed E-state index contributed by atoms with van der Waals surface area (Å²) in [4.78, 5) is 4.49. The van der Waals surface area contributed by atoms with Gasteiger partial charge in [0.05, 0.1) is 0 Å². The molecule has 0 atom stereocenters. The van der Waals surface area contributed by atoms with Gasteiger partial charge in [-0.05, 0) is 27.1 Å². The summed E-state index contributed by atoms with van der Waals surface area (Å²) in [5.41, 5.74) is 5.44. The van der Waals surface area contributed by atoms with Crippen LogP contribution < -0.4 is 5.73 Å². The van der Waals surface area contributed by atoms with Crippen molar-refractivity contribution in [3.8, 4) is 0 Å². The summed E-state index contributed by atoms with van der Waals surface area (Å²) < 4.78 is 0. The Morgan fingerprint density at radius 3 is 2.33 bits per heavy atom. The summed E-state index contributed by atoms with van der Waals surface area (Å²) >= 11 is 0. The molecule has 0 saturated carbocycles. The van der Waals surface area contributed by atoms with Gasteiger partial charge in [-0.25, -0.2) is 0 Å². The number of likely N-dealkylation sites (N-methyl/N-ethyl adjacent to an activating group) is 1. The smallest absolute Gasteiger partial charge is 0.140 e. The van der Waals surface area contributed by atoms with Gasteiger partial charge in [-0.3, -0.25) is 0 Å². The summed E-state index contributed by atoms with van der Waals surface area (Å²) in [7, 11) is 4.13. The molecule has 0 aromatic rings. The van der Waals surface area contributed by atoms with E-state index in [1.165, 1.54) is 0 Å². The summed E-state index contributed by atoms with van der Waals surface area (Å²) in [5, 5.41) is 11.4. The van der Waals surface area contributed by atoms with Crippen molar-refractivity contribution in [2.75, 3.05) is 40.3 Å². The van der Waals surface area contributed by atoms with Crippen molar-refractivity contribution in [2.24, 2.45) is 10.9 Å². The number of hydrogen-bond acceptors (Lipinski definition) is 4. The van der Waals surface area contributed by atoms with E-state index in [0.29, 0.717) is 12.3 Å². The van der Waals surface area contributed by atoms with Crippen LogP contribution in [-0.4, -0.2) is 61.1 Å². The average molecular weight is 216 g/mol. The lowest BCUT2D eigenvalue weighted by atomic mass is 10.3. The van der Waals surface area contributed by atoms with E-state index < -0.39 is 0 Å². The molecule has 0 heterocycles. The lowest BCUT2D eigenvalue weighted by Crippen LogP contribution is -2.34. The van der Waals surface area contributed by atoms with Gasteiger partial charge in [0.2, 0.25) is 0 Å². The van der Waals surface area contributed by atoms with E-state index in [1.54, 1.807) is 0 Å². The third-order valence-corrected chi connectivity index (χ3v) is 2.22. The lowest BCUT2D eigenvalue weighted by molar-refractivity contribution is 0.245. The predicted molar refractivity (Wildman–Crippen MR) is 63.3 cm³/mol. The van der Waals surface area contributed by atoms with Crippen LogP contribution in [0.2, 0.25) is 0 Å². The molecule has 0 radical (unpaired) electrons. The molecule has 5 heteroatoms. The van der Waals surface area contributed by atoms with Crippen molar-refractivity contribution in [2.45, 2.75) is 19.8 Å². The number of oxime groups is 1. The Bertz CT molecular complexity index is 182. The number of nitrogens with zero attached hydrogens (tertiary/aromatic N) is 3. The Balaban J connectivity index is 3.82. The molecule has 0 aliphatic rings. The Morgan fingerprint density at radius 2 is 1.87 bits per heavy atom. The van der Waals surface area contributed by atoms with E-state index >= 15 is 0 Å². The topological polar surface area (TPSA) is 65.1 Å². The Labute approximate surface area is 92.5 Å². The predicted octanol–water partition coefficient (Wildman–Crippen LogP) is 0.397. The van der Waals surface area contributed by atoms with Crippen molar-refractivity contribution in [3.63, 3.8) is 0 Å². The molecule has 0 aliphatic heterocycles. The van der Waals surface area contributed by atoms with Crippen molar-refractivity contribution in [1.82, 2.24) is 9.80 Å². The standard InChI is InChI=1S/C10H24N4O/c1-4-6-14(9-8-13(2)3)7-5-10(11)12-15/h15H,4-9H2,1-3H3,(H2,11,12). The second-order valence-electron chi connectivity index (χ2n) is 3.99. The van der Waals surface area contributed by atoms with E-state index in [9.17, 15) is 0 Å². The maximum Gasteiger partial charge on any atom is 0.140 e. The van der Waals surface area contributed by atoms with E-state index in [-0.39, 0.29) is 0 Å². The Kier molecular flexibility index (Phi) is 8.04. The first-order chi connectivity index (χ1) is 7.10. The zero-order valence-corrected chi connectivity index (χ0v) is 10.1. The first kappa shape index (κ1) is 14.2. The minimum Gasteiger partial charge on any atom is -0.409 e. The zero-order chi connectivity index (χ0) is 11.7. The summed E-state index contributed by atoms with van der Waals surface area (Å²) in [5.74, 6) is 0.306. The van der Waals surface area contributed by atoms with Crippen LogP contribution in [-0.2, 0) is 0 Å². The van der Waals surface area contributed by atoms with Crippen LogP contribution >= 0.6 is 0 Å². The van der Waals surface area contributed by atoms with Crippen molar-refractivity contribution in [1.29, 1.82) is 0 Å². The van der Waals surface area contributed by atoms with E-state index in [0.717, 1.165) is 32.6 Å². The number of amidine groups is 1. The molecule has 15 heavy (non-hydrogen) atoms. The van der Waals surface area contributed by atoms with Gasteiger partial charge in [0.25, 0.3) is 0 Å². The monoisotopic (exact) mass is 216 g/mol. The molecule has 0 unspecified atom stereocenters. The molecule has 0 bridgehead atoms. The highest BCUT2D eigenvalue weighted by Gasteiger charge is 2.05. The number of nitrogens with two attached hydrogens (primary N) is 1. The molecule has 0 spiro atoms. The van der Waals surface area contributed by atoms with Crippen molar-refractivity contribution < 1.29 is 5.21 Å². The van der Waals surface area contributed by atoms with Gasteiger partial charge < -0.3 is 20.7 Å². The Hall–Kier alpha value is -0.810. The average Bonchev–Trinajstić information content (AvgIpc) is 2.21. The van der Waals surface area contributed by atoms with Gasteiger partial charge in [-0.2, -0.15) is 0 Å². The molecule has 90 valence electrons. The maximum atomic E-state index is 8.43. The molecule has 0 amide bonds. The third kappa shape index (κ3) is 8.20. The van der Waals surface area contributed by atoms with Gasteiger partial charge in [0, 0.05) is 26.1 Å². The first-order valence-corrected chi connectivity index (χ1v) is 5.43. The normalized spacial score (nSPS) is 12.7. The van der Waals surface area contributed by atoms with Crippen molar-refractivity contribution in [3.05, 3.63) is 0 Å². The molecule has 0 aromatic heterocycles. The summed E-state index contributed by atoms with van der Waals surface area (Å²) in [6, 6.07) is 0. The van der Waals surface area contributed by atoms with Crippen LogP contribution in [0.5, 0.6) is 0 Å². The third-order valence-electron chi connectivity index (χ3n) is 2.22. The fourth-order valence-corrected chi connectivity index (χ4v) is 1.32. The molecule has 0 aromatic carbocycles. The molecular formula is C10H24N4O. The largest absolute Gasteiger partial charge is 0.409 e. The first-order valence-electron chi connectivity index (χ1n) is 5.43. The summed E-state index contributed by atoms with van der Waals surface area (Å²) in [6.07, 6.45) is 1.76. The fourth-order valence-electron chi connectivity index (χ4n) is 1.32. The van der Waals surface area contributed by atoms with E-state index in [4.69, 9.17) is 10.9 Å².